The van der Waals surface area contributed by atoms with E-state index in [1.807, 2.05) is 32.0 Å². The molecule has 2 N–H and O–H groups in total. The summed E-state index contributed by atoms with van der Waals surface area (Å²) in [5.74, 6) is 0.607. The smallest absolute Gasteiger partial charge is 0.279 e. The number of rotatable bonds is 7. The molecular formula is C15H22N3O2+. The average Bonchev–Trinajstić information content (AvgIpc) is 2.46. The number of likely N-dealkylation sites (N-methyl/N-ethyl adjacent to an activating group) is 1. The van der Waals surface area contributed by atoms with Crippen molar-refractivity contribution in [2.24, 2.45) is 5.92 Å². The minimum absolute atomic E-state index is 0.0467. The van der Waals surface area contributed by atoms with Crippen molar-refractivity contribution in [3.8, 4) is 11.8 Å². The molecule has 0 bridgehead atoms. The van der Waals surface area contributed by atoms with Crippen molar-refractivity contribution in [3.05, 3.63) is 24.3 Å². The number of anilines is 1. The Hall–Kier alpha value is -2.06. The molecule has 0 aliphatic heterocycles. The highest BCUT2D eigenvalue weighted by Gasteiger charge is 2.15. The van der Waals surface area contributed by atoms with Crippen LogP contribution in [0.3, 0.4) is 0 Å². The first-order chi connectivity index (χ1) is 9.58. The lowest BCUT2D eigenvalue weighted by Crippen LogP contribution is -3.13. The molecule has 5 heteroatoms. The molecule has 0 aliphatic carbocycles. The fraction of sp³-hybridized carbons (Fsp3) is 0.467. The summed E-state index contributed by atoms with van der Waals surface area (Å²) in [5, 5.41) is 11.7. The molecule has 0 aliphatic rings. The van der Waals surface area contributed by atoms with Crippen LogP contribution in [0.1, 0.15) is 13.8 Å². The number of hydrogen-bond donors (Lipinski definition) is 2. The van der Waals surface area contributed by atoms with Gasteiger partial charge in [0, 0.05) is 11.8 Å². The molecule has 1 unspecified atom stereocenters. The molecule has 0 heterocycles. The Balaban J connectivity index is 2.55. The number of nitriles is 1. The molecule has 5 nitrogen and oxygen atoms in total. The second-order valence-corrected chi connectivity index (χ2v) is 4.79. The molecule has 108 valence electrons. The first-order valence-electron chi connectivity index (χ1n) is 6.76. The van der Waals surface area contributed by atoms with Crippen molar-refractivity contribution in [1.82, 2.24) is 0 Å². The van der Waals surface area contributed by atoms with Gasteiger partial charge in [-0.1, -0.05) is 6.07 Å². The third-order valence-corrected chi connectivity index (χ3v) is 3.08. The molecule has 0 spiro atoms. The summed E-state index contributed by atoms with van der Waals surface area (Å²) in [7, 11) is 1.59. The van der Waals surface area contributed by atoms with Crippen molar-refractivity contribution < 1.29 is 14.4 Å². The number of nitrogens with zero attached hydrogens (tertiary/aromatic N) is 1. The van der Waals surface area contributed by atoms with Gasteiger partial charge in [0.1, 0.15) is 5.75 Å². The number of carbonyl (C=O) groups is 1. The number of benzene rings is 1. The highest BCUT2D eigenvalue weighted by atomic mass is 16.5. The highest BCUT2D eigenvalue weighted by Crippen LogP contribution is 2.16. The van der Waals surface area contributed by atoms with E-state index >= 15 is 0 Å². The van der Waals surface area contributed by atoms with Crippen molar-refractivity contribution in [3.63, 3.8) is 0 Å². The number of quaternary nitrogens is 1. The number of nitrogens with one attached hydrogen (secondary N) is 2. The largest absolute Gasteiger partial charge is 0.497 e. The van der Waals surface area contributed by atoms with Crippen molar-refractivity contribution in [2.75, 3.05) is 32.1 Å². The third-order valence-electron chi connectivity index (χ3n) is 3.08. The van der Waals surface area contributed by atoms with Gasteiger partial charge in [-0.2, -0.15) is 5.26 Å². The van der Waals surface area contributed by atoms with Crippen molar-refractivity contribution >= 4 is 11.6 Å². The SMILES string of the molecule is CC[NH+](CC(=O)Nc1cccc(OC)c1)C[C@H](C)C#N. The Kier molecular flexibility index (Phi) is 6.54. The van der Waals surface area contributed by atoms with Gasteiger partial charge in [0.2, 0.25) is 0 Å². The zero-order chi connectivity index (χ0) is 15.0. The number of hydrogen-bond acceptors (Lipinski definition) is 3. The average molecular weight is 276 g/mol. The van der Waals surface area contributed by atoms with E-state index in [0.717, 1.165) is 17.1 Å². The van der Waals surface area contributed by atoms with Gasteiger partial charge in [-0.15, -0.1) is 0 Å². The van der Waals surface area contributed by atoms with Crippen LogP contribution in [0.4, 0.5) is 5.69 Å². The van der Waals surface area contributed by atoms with E-state index < -0.39 is 0 Å². The molecule has 0 radical (unpaired) electrons. The summed E-state index contributed by atoms with van der Waals surface area (Å²) in [6.07, 6.45) is 0. The first-order valence-corrected chi connectivity index (χ1v) is 6.76. The summed E-state index contributed by atoms with van der Waals surface area (Å²) in [4.78, 5) is 13.1. The number of methoxy groups -OCH3 is 1. The van der Waals surface area contributed by atoms with Gasteiger partial charge in [-0.3, -0.25) is 4.79 Å². The number of amides is 1. The Morgan fingerprint density at radius 3 is 2.90 bits per heavy atom. The quantitative estimate of drug-likeness (QED) is 0.770. The molecule has 1 aromatic rings. The fourth-order valence-corrected chi connectivity index (χ4v) is 1.95. The Bertz CT molecular complexity index is 482. The van der Waals surface area contributed by atoms with Crippen LogP contribution in [-0.4, -0.2) is 32.7 Å². The van der Waals surface area contributed by atoms with E-state index in [1.165, 1.54) is 0 Å². The maximum atomic E-state index is 12.0. The summed E-state index contributed by atoms with van der Waals surface area (Å²) >= 11 is 0. The van der Waals surface area contributed by atoms with E-state index in [2.05, 4.69) is 11.4 Å². The van der Waals surface area contributed by atoms with Gasteiger partial charge in [0.25, 0.3) is 5.91 Å². The van der Waals surface area contributed by atoms with Gasteiger partial charge in [0.05, 0.1) is 32.2 Å². The van der Waals surface area contributed by atoms with Gasteiger partial charge >= 0.3 is 0 Å². The molecule has 20 heavy (non-hydrogen) atoms. The summed E-state index contributed by atoms with van der Waals surface area (Å²) in [6, 6.07) is 9.46. The molecule has 1 aromatic carbocycles. The van der Waals surface area contributed by atoms with Gasteiger partial charge in [-0.05, 0) is 26.0 Å². The topological polar surface area (TPSA) is 66.6 Å². The molecule has 0 fully saturated rings. The molecular weight excluding hydrogens is 254 g/mol. The van der Waals surface area contributed by atoms with Crippen LogP contribution in [0.25, 0.3) is 0 Å². The van der Waals surface area contributed by atoms with Crippen molar-refractivity contribution in [1.29, 1.82) is 5.26 Å². The predicted octanol–water partition coefficient (Wildman–Crippen LogP) is 0.698. The van der Waals surface area contributed by atoms with E-state index in [9.17, 15) is 4.79 Å². The van der Waals surface area contributed by atoms with E-state index in [-0.39, 0.29) is 11.8 Å². The normalized spacial score (nSPS) is 13.1. The van der Waals surface area contributed by atoms with Crippen LogP contribution < -0.4 is 15.0 Å². The number of ether oxygens (including phenoxy) is 1. The summed E-state index contributed by atoms with van der Waals surface area (Å²) < 4.78 is 5.11. The molecule has 0 saturated heterocycles. The molecule has 0 saturated carbocycles. The molecule has 2 atom stereocenters. The molecule has 1 rings (SSSR count). The molecule has 0 aromatic heterocycles. The van der Waals surface area contributed by atoms with Gasteiger partial charge < -0.3 is 15.0 Å². The Morgan fingerprint density at radius 2 is 2.30 bits per heavy atom. The lowest BCUT2D eigenvalue weighted by Gasteiger charge is -2.18. The van der Waals surface area contributed by atoms with Crippen LogP contribution in [-0.2, 0) is 4.79 Å². The maximum absolute atomic E-state index is 12.0. The van der Waals surface area contributed by atoms with E-state index in [4.69, 9.17) is 10.00 Å². The minimum atomic E-state index is -0.0553. The maximum Gasteiger partial charge on any atom is 0.279 e. The lowest BCUT2D eigenvalue weighted by atomic mass is 10.2. The Morgan fingerprint density at radius 1 is 1.55 bits per heavy atom. The second-order valence-electron chi connectivity index (χ2n) is 4.79. The van der Waals surface area contributed by atoms with E-state index in [0.29, 0.717) is 18.8 Å². The highest BCUT2D eigenvalue weighted by molar-refractivity contribution is 5.91. The van der Waals surface area contributed by atoms with Gasteiger partial charge in [0.15, 0.2) is 6.54 Å². The second kappa shape index (κ2) is 8.18. The minimum Gasteiger partial charge on any atom is -0.497 e. The van der Waals surface area contributed by atoms with Crippen LogP contribution >= 0.6 is 0 Å². The lowest BCUT2D eigenvalue weighted by molar-refractivity contribution is -0.892. The van der Waals surface area contributed by atoms with Gasteiger partial charge in [-0.25, -0.2) is 0 Å². The predicted molar refractivity (Wildman–Crippen MR) is 77.6 cm³/mol. The monoisotopic (exact) mass is 276 g/mol. The van der Waals surface area contributed by atoms with Crippen LogP contribution in [0, 0.1) is 17.2 Å². The summed E-state index contributed by atoms with van der Waals surface area (Å²) in [5.41, 5.74) is 0.720. The zero-order valence-electron chi connectivity index (χ0n) is 12.3. The summed E-state index contributed by atoms with van der Waals surface area (Å²) in [6.45, 7) is 5.74. The zero-order valence-corrected chi connectivity index (χ0v) is 12.3. The van der Waals surface area contributed by atoms with Crippen LogP contribution in [0.15, 0.2) is 24.3 Å². The standard InChI is InChI=1S/C15H21N3O2/c1-4-18(10-12(2)9-16)11-15(19)17-13-6-5-7-14(8-13)20-3/h5-8,12H,4,10-11H2,1-3H3,(H,17,19)/p+1/t12-/m1/s1. The van der Waals surface area contributed by atoms with Crippen LogP contribution in [0.2, 0.25) is 0 Å². The van der Waals surface area contributed by atoms with E-state index in [1.54, 1.807) is 13.2 Å². The van der Waals surface area contributed by atoms with Crippen molar-refractivity contribution in [2.45, 2.75) is 13.8 Å². The Labute approximate surface area is 120 Å². The van der Waals surface area contributed by atoms with Crippen LogP contribution in [0.5, 0.6) is 5.75 Å². The number of carbonyl (C=O) groups excluding carboxylic acids is 1. The third kappa shape index (κ3) is 5.29. The molecule has 1 amide bonds. The first kappa shape index (κ1) is 16.0. The fourth-order valence-electron chi connectivity index (χ4n) is 1.95.